The molecule has 0 bridgehead atoms. The van der Waals surface area contributed by atoms with E-state index in [9.17, 15) is 9.59 Å². The molecule has 3 aliphatic rings. The van der Waals surface area contributed by atoms with E-state index in [0.29, 0.717) is 18.4 Å². The van der Waals surface area contributed by atoms with Crippen molar-refractivity contribution in [2.45, 2.75) is 33.6 Å². The van der Waals surface area contributed by atoms with E-state index in [1.165, 1.54) is 6.92 Å². The van der Waals surface area contributed by atoms with E-state index < -0.39 is 0 Å². The molecule has 3 rings (SSSR count). The minimum absolute atomic E-state index is 0.0258. The molecule has 2 fully saturated rings. The number of fused-ring (bicyclic) bond motifs is 3. The number of allylic oxidation sites excluding steroid dienone is 1. The Labute approximate surface area is 125 Å². The maximum atomic E-state index is 12.2. The van der Waals surface area contributed by atoms with E-state index in [2.05, 4.69) is 13.5 Å². The van der Waals surface area contributed by atoms with E-state index in [1.807, 2.05) is 6.92 Å². The molecule has 0 aromatic heterocycles. The number of ether oxygens (including phenoxy) is 2. The molecule has 2 aliphatic carbocycles. The SMILES string of the molecule is C=C1CC[C@H]2[C@@H]([C@H]3C(C)=COC(=O)[C@@H]13)[C@]2(C)COC(C)=O. The molecular formula is C17H22O4. The molecule has 0 unspecified atom stereocenters. The van der Waals surface area contributed by atoms with Gasteiger partial charge in [-0.05, 0) is 37.2 Å². The first kappa shape index (κ1) is 14.4. The molecule has 21 heavy (non-hydrogen) atoms. The summed E-state index contributed by atoms with van der Waals surface area (Å²) in [6.45, 7) is 10.2. The molecule has 0 radical (unpaired) electrons. The third kappa shape index (κ3) is 2.12. The van der Waals surface area contributed by atoms with Gasteiger partial charge in [-0.1, -0.05) is 19.1 Å². The molecule has 2 saturated carbocycles. The van der Waals surface area contributed by atoms with E-state index in [1.54, 1.807) is 6.26 Å². The monoisotopic (exact) mass is 290 g/mol. The molecule has 4 nitrogen and oxygen atoms in total. The normalized spacial score (nSPS) is 41.2. The standard InChI is InChI=1S/C17H22O4/c1-9-5-6-12-15(17(12,4)8-21-11(3)18)13-10(2)7-20-16(19)14(9)13/h7,12-15H,1,5-6,8H2,2-4H3/t12-,13-,14-,15-,17+/m0/s1. The second-order valence-corrected chi connectivity index (χ2v) is 6.92. The van der Waals surface area contributed by atoms with Crippen molar-refractivity contribution in [2.75, 3.05) is 6.61 Å². The third-order valence-electron chi connectivity index (χ3n) is 5.62. The van der Waals surface area contributed by atoms with Crippen LogP contribution in [0.5, 0.6) is 0 Å². The first-order valence-corrected chi connectivity index (χ1v) is 7.54. The van der Waals surface area contributed by atoms with Crippen molar-refractivity contribution in [3.63, 3.8) is 0 Å². The molecule has 0 saturated heterocycles. The van der Waals surface area contributed by atoms with Crippen LogP contribution in [-0.2, 0) is 19.1 Å². The lowest BCUT2D eigenvalue weighted by molar-refractivity contribution is -0.146. The highest BCUT2D eigenvalue weighted by molar-refractivity contribution is 5.78. The summed E-state index contributed by atoms with van der Waals surface area (Å²) in [6.07, 6.45) is 3.44. The smallest absolute Gasteiger partial charge is 0.318 e. The van der Waals surface area contributed by atoms with Crippen LogP contribution in [0, 0.1) is 29.1 Å². The number of esters is 2. The van der Waals surface area contributed by atoms with Gasteiger partial charge in [-0.25, -0.2) is 0 Å². The van der Waals surface area contributed by atoms with E-state index >= 15 is 0 Å². The molecule has 114 valence electrons. The zero-order chi connectivity index (χ0) is 15.4. The van der Waals surface area contributed by atoms with Crippen LogP contribution >= 0.6 is 0 Å². The van der Waals surface area contributed by atoms with Gasteiger partial charge in [-0.2, -0.15) is 0 Å². The van der Waals surface area contributed by atoms with Gasteiger partial charge in [0.2, 0.25) is 0 Å². The fourth-order valence-electron chi connectivity index (χ4n) is 4.45. The van der Waals surface area contributed by atoms with Crippen LogP contribution in [0.15, 0.2) is 24.0 Å². The summed E-state index contributed by atoms with van der Waals surface area (Å²) in [5.74, 6) is 0.339. The van der Waals surface area contributed by atoms with Crippen LogP contribution in [0.25, 0.3) is 0 Å². The molecule has 1 heterocycles. The van der Waals surface area contributed by atoms with Crippen molar-refractivity contribution < 1.29 is 19.1 Å². The lowest BCUT2D eigenvalue weighted by Gasteiger charge is -2.32. The number of hydrogen-bond donors (Lipinski definition) is 0. The van der Waals surface area contributed by atoms with Crippen molar-refractivity contribution in [2.24, 2.45) is 29.1 Å². The van der Waals surface area contributed by atoms with Gasteiger partial charge in [0.1, 0.15) is 0 Å². The highest BCUT2D eigenvalue weighted by Gasteiger charge is 2.67. The lowest BCUT2D eigenvalue weighted by atomic mass is 9.76. The van der Waals surface area contributed by atoms with Crippen LogP contribution in [-0.4, -0.2) is 18.5 Å². The fourth-order valence-corrected chi connectivity index (χ4v) is 4.45. The van der Waals surface area contributed by atoms with Gasteiger partial charge >= 0.3 is 11.9 Å². The molecule has 0 spiro atoms. The maximum absolute atomic E-state index is 12.2. The number of carbonyl (C=O) groups excluding carboxylic acids is 2. The molecule has 5 atom stereocenters. The van der Waals surface area contributed by atoms with Crippen molar-refractivity contribution in [3.05, 3.63) is 24.0 Å². The fraction of sp³-hybridized carbons (Fsp3) is 0.647. The highest BCUT2D eigenvalue weighted by Crippen LogP contribution is 2.69. The predicted octanol–water partition coefficient (Wildman–Crippen LogP) is 2.84. The van der Waals surface area contributed by atoms with E-state index in [4.69, 9.17) is 9.47 Å². The summed E-state index contributed by atoms with van der Waals surface area (Å²) >= 11 is 0. The van der Waals surface area contributed by atoms with Crippen LogP contribution in [0.3, 0.4) is 0 Å². The largest absolute Gasteiger partial charge is 0.465 e. The number of carbonyl (C=O) groups is 2. The second-order valence-electron chi connectivity index (χ2n) is 6.92. The zero-order valence-electron chi connectivity index (χ0n) is 12.8. The molecular weight excluding hydrogens is 268 g/mol. The van der Waals surface area contributed by atoms with E-state index in [0.717, 1.165) is 24.0 Å². The van der Waals surface area contributed by atoms with Gasteiger partial charge in [0, 0.05) is 18.3 Å². The minimum atomic E-state index is -0.242. The number of cyclic esters (lactones) is 1. The van der Waals surface area contributed by atoms with E-state index in [-0.39, 0.29) is 29.2 Å². The first-order valence-electron chi connectivity index (χ1n) is 7.54. The van der Waals surface area contributed by atoms with Gasteiger partial charge < -0.3 is 9.47 Å². The Balaban J connectivity index is 1.90. The molecule has 4 heteroatoms. The minimum Gasteiger partial charge on any atom is -0.465 e. The Morgan fingerprint density at radius 2 is 2.29 bits per heavy atom. The van der Waals surface area contributed by atoms with Crippen molar-refractivity contribution in [3.8, 4) is 0 Å². The summed E-state index contributed by atoms with van der Waals surface area (Å²) in [5.41, 5.74) is 2.06. The Kier molecular flexibility index (Phi) is 3.23. The zero-order valence-corrected chi connectivity index (χ0v) is 12.8. The van der Waals surface area contributed by atoms with Gasteiger partial charge in [0.25, 0.3) is 0 Å². The molecule has 0 aromatic rings. The average molecular weight is 290 g/mol. The Morgan fingerprint density at radius 3 is 2.95 bits per heavy atom. The van der Waals surface area contributed by atoms with Gasteiger partial charge in [0.15, 0.2) is 0 Å². The molecule has 0 amide bonds. The van der Waals surface area contributed by atoms with Gasteiger partial charge in [0.05, 0.1) is 18.8 Å². The topological polar surface area (TPSA) is 52.6 Å². The second kappa shape index (κ2) is 4.72. The van der Waals surface area contributed by atoms with Crippen molar-refractivity contribution in [1.29, 1.82) is 0 Å². The first-order chi connectivity index (χ1) is 9.86. The van der Waals surface area contributed by atoms with Crippen LogP contribution in [0.1, 0.15) is 33.6 Å². The quantitative estimate of drug-likeness (QED) is 0.579. The van der Waals surface area contributed by atoms with Crippen molar-refractivity contribution in [1.82, 2.24) is 0 Å². The summed E-state index contributed by atoms with van der Waals surface area (Å²) < 4.78 is 10.4. The van der Waals surface area contributed by atoms with Crippen LogP contribution in [0.2, 0.25) is 0 Å². The number of hydrogen-bond acceptors (Lipinski definition) is 4. The van der Waals surface area contributed by atoms with Gasteiger partial charge in [-0.15, -0.1) is 0 Å². The third-order valence-corrected chi connectivity index (χ3v) is 5.62. The molecule has 0 aromatic carbocycles. The summed E-state index contributed by atoms with van der Waals surface area (Å²) in [5, 5.41) is 0. The summed E-state index contributed by atoms with van der Waals surface area (Å²) in [4.78, 5) is 23.3. The Morgan fingerprint density at radius 1 is 1.57 bits per heavy atom. The van der Waals surface area contributed by atoms with Crippen LogP contribution < -0.4 is 0 Å². The van der Waals surface area contributed by atoms with Gasteiger partial charge in [-0.3, -0.25) is 9.59 Å². The molecule has 0 N–H and O–H groups in total. The summed E-state index contributed by atoms with van der Waals surface area (Å²) in [6, 6.07) is 0. The summed E-state index contributed by atoms with van der Waals surface area (Å²) in [7, 11) is 0. The highest BCUT2D eigenvalue weighted by atomic mass is 16.5. The van der Waals surface area contributed by atoms with Crippen LogP contribution in [0.4, 0.5) is 0 Å². The lowest BCUT2D eigenvalue weighted by Crippen LogP contribution is -2.33. The molecule has 1 aliphatic heterocycles. The Hall–Kier alpha value is -1.58. The average Bonchev–Trinajstić information content (AvgIpc) is 3.05. The maximum Gasteiger partial charge on any atom is 0.318 e. The predicted molar refractivity (Wildman–Crippen MR) is 76.9 cm³/mol. The van der Waals surface area contributed by atoms with Crippen molar-refractivity contribution >= 4 is 11.9 Å². The Bertz CT molecular complexity index is 547. The number of rotatable bonds is 2.